The molecule has 0 spiro atoms. The second kappa shape index (κ2) is 11.3. The first-order chi connectivity index (χ1) is 9.29. The van der Waals surface area contributed by atoms with Crippen molar-refractivity contribution in [2.24, 2.45) is 5.92 Å². The molecule has 2 atom stereocenters. The molecule has 0 amide bonds. The molecule has 0 saturated heterocycles. The van der Waals surface area contributed by atoms with Crippen molar-refractivity contribution in [1.82, 2.24) is 0 Å². The Balaban J connectivity index is 0.000000741. The average molecular weight is 283 g/mol. The largest absolute Gasteiger partial charge is 0.0843 e. The molecule has 1 aliphatic rings. The summed E-state index contributed by atoms with van der Waals surface area (Å²) in [6.07, 6.45) is 6.90. The molecule has 1 aromatic carbocycles. The molecule has 19 heavy (non-hydrogen) atoms. The number of rotatable bonds is 2. The van der Waals surface area contributed by atoms with E-state index in [-0.39, 0.29) is 0 Å². The monoisotopic (exact) mass is 282 g/mol. The second-order valence-electron chi connectivity index (χ2n) is 4.69. The van der Waals surface area contributed by atoms with Gasteiger partial charge in [0.2, 0.25) is 0 Å². The van der Waals surface area contributed by atoms with Crippen LogP contribution in [0.25, 0.3) is 0 Å². The molecule has 1 saturated carbocycles. The van der Waals surface area contributed by atoms with E-state index in [2.05, 4.69) is 19.1 Å². The summed E-state index contributed by atoms with van der Waals surface area (Å²) >= 11 is 5.91. The fraction of sp³-hybridized carbons (Fsp3) is 0.667. The van der Waals surface area contributed by atoms with Gasteiger partial charge in [-0.1, -0.05) is 77.6 Å². The lowest BCUT2D eigenvalue weighted by Crippen LogP contribution is -2.13. The van der Waals surface area contributed by atoms with Crippen molar-refractivity contribution < 1.29 is 0 Å². The number of halogens is 1. The van der Waals surface area contributed by atoms with Crippen molar-refractivity contribution in [3.63, 3.8) is 0 Å². The zero-order chi connectivity index (χ0) is 14.7. The van der Waals surface area contributed by atoms with Gasteiger partial charge in [0.05, 0.1) is 0 Å². The molecule has 1 aromatic rings. The van der Waals surface area contributed by atoms with Gasteiger partial charge < -0.3 is 0 Å². The van der Waals surface area contributed by atoms with Crippen LogP contribution in [0.5, 0.6) is 0 Å². The highest BCUT2D eigenvalue weighted by atomic mass is 35.5. The summed E-state index contributed by atoms with van der Waals surface area (Å²) in [6.45, 7) is 10.3. The van der Waals surface area contributed by atoms with Crippen LogP contribution in [0.3, 0.4) is 0 Å². The molecule has 0 nitrogen and oxygen atoms in total. The zero-order valence-electron chi connectivity index (χ0n) is 13.4. The second-order valence-corrected chi connectivity index (χ2v) is 5.13. The van der Waals surface area contributed by atoms with Crippen LogP contribution < -0.4 is 0 Å². The zero-order valence-corrected chi connectivity index (χ0v) is 14.1. The summed E-state index contributed by atoms with van der Waals surface area (Å²) in [5.74, 6) is 1.72. The lowest BCUT2D eigenvalue weighted by atomic mass is 9.77. The van der Waals surface area contributed by atoms with Gasteiger partial charge >= 0.3 is 0 Å². The number of hydrogen-bond acceptors (Lipinski definition) is 0. The van der Waals surface area contributed by atoms with Crippen molar-refractivity contribution >= 4 is 11.6 Å². The summed E-state index contributed by atoms with van der Waals surface area (Å²) < 4.78 is 0. The first-order valence-electron chi connectivity index (χ1n) is 8.05. The van der Waals surface area contributed by atoms with Gasteiger partial charge in [0.1, 0.15) is 0 Å². The van der Waals surface area contributed by atoms with Crippen LogP contribution in [-0.4, -0.2) is 0 Å². The molecule has 1 fully saturated rings. The van der Waals surface area contributed by atoms with Gasteiger partial charge in [0.15, 0.2) is 0 Å². The van der Waals surface area contributed by atoms with Crippen LogP contribution in [0.4, 0.5) is 0 Å². The van der Waals surface area contributed by atoms with E-state index < -0.39 is 0 Å². The van der Waals surface area contributed by atoms with E-state index >= 15 is 0 Å². The number of benzene rings is 1. The van der Waals surface area contributed by atoms with E-state index in [1.54, 1.807) is 0 Å². The smallest absolute Gasteiger partial charge is 0.0406 e. The fourth-order valence-electron chi connectivity index (χ4n) is 2.70. The van der Waals surface area contributed by atoms with Gasteiger partial charge in [0.25, 0.3) is 0 Å². The predicted molar refractivity (Wildman–Crippen MR) is 89.1 cm³/mol. The third-order valence-electron chi connectivity index (χ3n) is 3.70. The lowest BCUT2D eigenvalue weighted by Gasteiger charge is -2.28. The molecule has 0 N–H and O–H groups in total. The Bertz CT molecular complexity index is 302. The van der Waals surface area contributed by atoms with E-state index in [0.29, 0.717) is 0 Å². The third-order valence-corrected chi connectivity index (χ3v) is 3.95. The molecule has 1 aliphatic carbocycles. The summed E-state index contributed by atoms with van der Waals surface area (Å²) in [6, 6.07) is 8.44. The van der Waals surface area contributed by atoms with Crippen LogP contribution in [0.1, 0.15) is 78.2 Å². The van der Waals surface area contributed by atoms with Crippen LogP contribution >= 0.6 is 11.6 Å². The van der Waals surface area contributed by atoms with Crippen molar-refractivity contribution in [2.75, 3.05) is 0 Å². The van der Waals surface area contributed by atoms with Crippen molar-refractivity contribution in [1.29, 1.82) is 0 Å². The van der Waals surface area contributed by atoms with Crippen molar-refractivity contribution in [3.05, 3.63) is 34.9 Å². The first kappa shape index (κ1) is 18.5. The highest BCUT2D eigenvalue weighted by molar-refractivity contribution is 6.30. The minimum atomic E-state index is 0.779. The quantitative estimate of drug-likeness (QED) is 0.544. The molecule has 0 aromatic heterocycles. The Kier molecular flexibility index (Phi) is 11.1. The standard InChI is InChI=1S/C14H19Cl.2C2H6/c1-2-11-4-3-5-13(10-11)12-6-8-14(15)9-7-12;2*1-2/h6-9,11,13H,2-5,10H2,1H3;2*1-2H3. The molecule has 0 aliphatic heterocycles. The van der Waals surface area contributed by atoms with E-state index in [4.69, 9.17) is 11.6 Å². The molecule has 2 unspecified atom stereocenters. The van der Waals surface area contributed by atoms with E-state index in [0.717, 1.165) is 16.9 Å². The summed E-state index contributed by atoms with van der Waals surface area (Å²) in [7, 11) is 0. The normalized spacial score (nSPS) is 21.6. The average Bonchev–Trinajstić information content (AvgIpc) is 2.52. The summed E-state index contributed by atoms with van der Waals surface area (Å²) in [5.41, 5.74) is 1.48. The van der Waals surface area contributed by atoms with E-state index in [1.165, 1.54) is 37.7 Å². The molecular weight excluding hydrogens is 252 g/mol. The molecule has 1 heteroatoms. The van der Waals surface area contributed by atoms with Gasteiger partial charge in [-0.15, -0.1) is 0 Å². The van der Waals surface area contributed by atoms with Crippen molar-refractivity contribution in [3.8, 4) is 0 Å². The lowest BCUT2D eigenvalue weighted by molar-refractivity contribution is 0.314. The first-order valence-corrected chi connectivity index (χ1v) is 8.43. The van der Waals surface area contributed by atoms with Gasteiger partial charge in [-0.2, -0.15) is 0 Å². The SMILES string of the molecule is CC.CC.CCC1CCCC(c2ccc(Cl)cc2)C1. The van der Waals surface area contributed by atoms with Gasteiger partial charge in [-0.05, 0) is 42.4 Å². The van der Waals surface area contributed by atoms with Crippen LogP contribution in [0.15, 0.2) is 24.3 Å². The minimum absolute atomic E-state index is 0.779. The molecule has 0 bridgehead atoms. The maximum atomic E-state index is 5.91. The maximum absolute atomic E-state index is 5.91. The Morgan fingerprint density at radius 1 is 1.00 bits per heavy atom. The van der Waals surface area contributed by atoms with E-state index in [9.17, 15) is 0 Å². The van der Waals surface area contributed by atoms with Gasteiger partial charge in [-0.25, -0.2) is 0 Å². The Morgan fingerprint density at radius 2 is 1.58 bits per heavy atom. The highest BCUT2D eigenvalue weighted by Crippen LogP contribution is 2.37. The Morgan fingerprint density at radius 3 is 2.11 bits per heavy atom. The summed E-state index contributed by atoms with van der Waals surface area (Å²) in [5, 5.41) is 0.849. The molecular formula is C18H31Cl. The van der Waals surface area contributed by atoms with Crippen molar-refractivity contribution in [2.45, 2.75) is 72.6 Å². The highest BCUT2D eigenvalue weighted by Gasteiger charge is 2.21. The predicted octanol–water partition coefficient (Wildman–Crippen LogP) is 7.08. The maximum Gasteiger partial charge on any atom is 0.0406 e. The van der Waals surface area contributed by atoms with Crippen LogP contribution in [0.2, 0.25) is 5.02 Å². The molecule has 0 radical (unpaired) electrons. The van der Waals surface area contributed by atoms with Crippen LogP contribution in [-0.2, 0) is 0 Å². The van der Waals surface area contributed by atoms with E-state index in [1.807, 2.05) is 39.8 Å². The number of hydrogen-bond donors (Lipinski definition) is 0. The van der Waals surface area contributed by atoms with Gasteiger partial charge in [0, 0.05) is 5.02 Å². The molecule has 0 heterocycles. The molecule has 2 rings (SSSR count). The third kappa shape index (κ3) is 6.47. The molecule has 110 valence electrons. The minimum Gasteiger partial charge on any atom is -0.0843 e. The van der Waals surface area contributed by atoms with Gasteiger partial charge in [-0.3, -0.25) is 0 Å². The Labute approximate surface area is 125 Å². The van der Waals surface area contributed by atoms with Crippen LogP contribution in [0, 0.1) is 5.92 Å². The fourth-order valence-corrected chi connectivity index (χ4v) is 2.83. The topological polar surface area (TPSA) is 0 Å². The summed E-state index contributed by atoms with van der Waals surface area (Å²) in [4.78, 5) is 0. The Hall–Kier alpha value is -0.490.